The second-order valence-corrected chi connectivity index (χ2v) is 5.07. The van der Waals surface area contributed by atoms with E-state index in [4.69, 9.17) is 18.4 Å². The molecule has 0 aromatic heterocycles. The first-order valence-corrected chi connectivity index (χ1v) is 5.39. The molecule has 0 bridgehead atoms. The number of hydrogen-bond acceptors (Lipinski definition) is 4. The summed E-state index contributed by atoms with van der Waals surface area (Å²) in [6, 6.07) is 0. The van der Waals surface area contributed by atoms with Crippen LogP contribution < -0.4 is 0 Å². The third kappa shape index (κ3) is 3.27. The normalized spacial score (nSPS) is 13.1. The van der Waals surface area contributed by atoms with E-state index in [0.29, 0.717) is 0 Å². The maximum absolute atomic E-state index is 10.5. The first-order valence-electron chi connectivity index (χ1n) is 3.59. The summed E-state index contributed by atoms with van der Waals surface area (Å²) in [4.78, 5) is 10.5. The molecule has 0 fully saturated rings. The van der Waals surface area contributed by atoms with Gasteiger partial charge in [-0.15, -0.1) is 0 Å². The molecule has 0 atom stereocenters. The maximum atomic E-state index is 10.5. The van der Waals surface area contributed by atoms with Gasteiger partial charge in [-0.3, -0.25) is 0 Å². The second-order valence-electron chi connectivity index (χ2n) is 2.35. The fourth-order valence-corrected chi connectivity index (χ4v) is 2.26. The van der Waals surface area contributed by atoms with Crippen LogP contribution in [-0.2, 0) is 18.1 Å². The van der Waals surface area contributed by atoms with Crippen molar-refractivity contribution in [3.05, 3.63) is 11.3 Å². The summed E-state index contributed by atoms with van der Waals surface area (Å²) in [7, 11) is 1.38. The van der Waals surface area contributed by atoms with Gasteiger partial charge in [-0.05, 0) is 12.6 Å². The summed E-state index contributed by atoms with van der Waals surface area (Å²) in [5.41, 5.74) is 1.53. The predicted molar refractivity (Wildman–Crippen MR) is 48.2 cm³/mol. The van der Waals surface area contributed by atoms with Gasteiger partial charge in [0, 0.05) is 26.9 Å². The lowest BCUT2D eigenvalue weighted by Gasteiger charge is -2.20. The Morgan fingerprint density at radius 3 is 1.85 bits per heavy atom. The van der Waals surface area contributed by atoms with Gasteiger partial charge in [0.2, 0.25) is 0 Å². The molecule has 0 rings (SSSR count). The largest absolute Gasteiger partial charge is 0.529 e. The Morgan fingerprint density at radius 1 is 1.23 bits per heavy atom. The second kappa shape index (κ2) is 5.13. The highest BCUT2D eigenvalue weighted by atomic mass is 28.4. The van der Waals surface area contributed by atoms with Crippen molar-refractivity contribution in [2.75, 3.05) is 21.3 Å². The van der Waals surface area contributed by atoms with Crippen LogP contribution in [0.15, 0.2) is 11.3 Å². The molecule has 0 unspecified atom stereocenters. The number of aliphatic carboxylic acids is 1. The molecule has 6 heteroatoms. The fraction of sp³-hybridized carbons (Fsp3) is 0.571. The van der Waals surface area contributed by atoms with E-state index in [2.05, 4.69) is 0 Å². The highest BCUT2D eigenvalue weighted by molar-refractivity contribution is 6.66. The Labute approximate surface area is 78.3 Å². The minimum absolute atomic E-state index is 0.150. The van der Waals surface area contributed by atoms with E-state index in [1.165, 1.54) is 34.0 Å². The van der Waals surface area contributed by atoms with Gasteiger partial charge >= 0.3 is 14.8 Å². The molecule has 0 aliphatic carbocycles. The standard InChI is InChI=1S/C7H14O5Si/c1-6(7(8)9)5-13(10-2,11-3)12-4/h5H,1-4H3,(H,8,9)/b6-5+. The molecule has 0 aromatic carbocycles. The molecule has 13 heavy (non-hydrogen) atoms. The number of rotatable bonds is 5. The molecule has 0 saturated carbocycles. The molecule has 0 amide bonds. The van der Waals surface area contributed by atoms with Crippen LogP contribution in [0.1, 0.15) is 6.92 Å². The Kier molecular flexibility index (Phi) is 4.85. The summed E-state index contributed by atoms with van der Waals surface area (Å²) < 4.78 is 15.0. The molecule has 0 aromatic rings. The first kappa shape index (κ1) is 12.3. The lowest BCUT2D eigenvalue weighted by molar-refractivity contribution is -0.132. The summed E-state index contributed by atoms with van der Waals surface area (Å²) in [5.74, 6) is -1.01. The van der Waals surface area contributed by atoms with Crippen molar-refractivity contribution in [2.24, 2.45) is 0 Å². The molecule has 0 aliphatic heterocycles. The predicted octanol–water partition coefficient (Wildman–Crippen LogP) is 0.435. The summed E-state index contributed by atoms with van der Waals surface area (Å²) >= 11 is 0. The van der Waals surface area contributed by atoms with Crippen molar-refractivity contribution in [3.63, 3.8) is 0 Å². The number of hydrogen-bond donors (Lipinski definition) is 1. The molecule has 0 aliphatic rings. The quantitative estimate of drug-likeness (QED) is 0.522. The van der Waals surface area contributed by atoms with Crippen molar-refractivity contribution in [2.45, 2.75) is 6.92 Å². The van der Waals surface area contributed by atoms with E-state index in [9.17, 15) is 4.79 Å². The van der Waals surface area contributed by atoms with Gasteiger partial charge in [0.05, 0.1) is 0 Å². The average molecular weight is 206 g/mol. The zero-order chi connectivity index (χ0) is 10.5. The van der Waals surface area contributed by atoms with Crippen LogP contribution in [0.25, 0.3) is 0 Å². The van der Waals surface area contributed by atoms with E-state index < -0.39 is 14.8 Å². The van der Waals surface area contributed by atoms with Crippen LogP contribution in [0.4, 0.5) is 0 Å². The summed E-state index contributed by atoms with van der Waals surface area (Å²) in [5, 5.41) is 8.62. The van der Waals surface area contributed by atoms with Crippen LogP contribution >= 0.6 is 0 Å². The molecular formula is C7H14O5Si. The minimum Gasteiger partial charge on any atom is -0.478 e. The SMILES string of the molecule is CO[Si](/C=C(\C)C(=O)O)(OC)OC. The Bertz CT molecular complexity index is 201. The molecule has 0 heterocycles. The fourth-order valence-electron chi connectivity index (χ4n) is 0.754. The van der Waals surface area contributed by atoms with Crippen LogP contribution in [0.2, 0.25) is 0 Å². The van der Waals surface area contributed by atoms with Gasteiger partial charge in [-0.25, -0.2) is 4.79 Å². The number of carboxylic acids is 1. The Morgan fingerprint density at radius 2 is 1.62 bits per heavy atom. The van der Waals surface area contributed by atoms with Crippen molar-refractivity contribution in [3.8, 4) is 0 Å². The molecule has 0 radical (unpaired) electrons. The zero-order valence-corrected chi connectivity index (χ0v) is 9.16. The van der Waals surface area contributed by atoms with E-state index in [-0.39, 0.29) is 5.57 Å². The van der Waals surface area contributed by atoms with Gasteiger partial charge in [0.15, 0.2) is 0 Å². The minimum atomic E-state index is -2.89. The van der Waals surface area contributed by atoms with Gasteiger partial charge in [-0.1, -0.05) is 0 Å². The zero-order valence-electron chi connectivity index (χ0n) is 8.16. The summed E-state index contributed by atoms with van der Waals surface area (Å²) in [6.07, 6.45) is 0. The monoisotopic (exact) mass is 206 g/mol. The molecule has 0 saturated heterocycles. The lowest BCUT2D eigenvalue weighted by atomic mass is 10.4. The van der Waals surface area contributed by atoms with Gasteiger partial charge < -0.3 is 18.4 Å². The Balaban J connectivity index is 4.76. The molecule has 76 valence electrons. The summed E-state index contributed by atoms with van der Waals surface area (Å²) in [6.45, 7) is 1.46. The molecule has 5 nitrogen and oxygen atoms in total. The van der Waals surface area contributed by atoms with E-state index >= 15 is 0 Å². The van der Waals surface area contributed by atoms with Crippen LogP contribution in [0.3, 0.4) is 0 Å². The first-order chi connectivity index (χ1) is 6.01. The van der Waals surface area contributed by atoms with E-state index in [0.717, 1.165) is 0 Å². The third-order valence-electron chi connectivity index (χ3n) is 1.58. The smallest absolute Gasteiger partial charge is 0.478 e. The maximum Gasteiger partial charge on any atom is 0.529 e. The lowest BCUT2D eigenvalue weighted by Crippen LogP contribution is -2.41. The molecular weight excluding hydrogens is 192 g/mol. The molecule has 1 N–H and O–H groups in total. The van der Waals surface area contributed by atoms with Crippen molar-refractivity contribution in [1.82, 2.24) is 0 Å². The Hall–Kier alpha value is -0.693. The van der Waals surface area contributed by atoms with Crippen LogP contribution in [0, 0.1) is 0 Å². The van der Waals surface area contributed by atoms with Gasteiger partial charge in [-0.2, -0.15) is 0 Å². The topological polar surface area (TPSA) is 65.0 Å². The third-order valence-corrected chi connectivity index (χ3v) is 4.08. The van der Waals surface area contributed by atoms with Crippen LogP contribution in [-0.4, -0.2) is 41.2 Å². The van der Waals surface area contributed by atoms with Gasteiger partial charge in [0.25, 0.3) is 0 Å². The van der Waals surface area contributed by atoms with E-state index in [1.807, 2.05) is 0 Å². The van der Waals surface area contributed by atoms with Crippen molar-refractivity contribution in [1.29, 1.82) is 0 Å². The number of carbonyl (C=O) groups is 1. The van der Waals surface area contributed by atoms with Crippen molar-refractivity contribution < 1.29 is 23.2 Å². The highest BCUT2D eigenvalue weighted by Crippen LogP contribution is 2.10. The highest BCUT2D eigenvalue weighted by Gasteiger charge is 2.36. The van der Waals surface area contributed by atoms with Gasteiger partial charge in [0.1, 0.15) is 0 Å². The molecule has 0 spiro atoms. The van der Waals surface area contributed by atoms with E-state index in [1.54, 1.807) is 0 Å². The number of carboxylic acid groups (broad SMARTS) is 1. The van der Waals surface area contributed by atoms with Crippen molar-refractivity contribution >= 4 is 14.8 Å². The average Bonchev–Trinajstić information content (AvgIpc) is 2.14. The van der Waals surface area contributed by atoms with Crippen LogP contribution in [0.5, 0.6) is 0 Å².